The standard InChI is InChI=1S/C21H30N4O2S/c1-3-17-7-5-6-8-18(17)28(26,27)24-14-11-21(12-15-24)10-9-20-23-22-19(4-2)25(20)16-13-21/h5-8H,3-4,9-16H2,1-2H3. The van der Waals surface area contributed by atoms with E-state index < -0.39 is 10.0 Å². The van der Waals surface area contributed by atoms with E-state index in [9.17, 15) is 8.42 Å². The van der Waals surface area contributed by atoms with Gasteiger partial charge in [0.25, 0.3) is 0 Å². The molecular formula is C21H30N4O2S. The van der Waals surface area contributed by atoms with Crippen LogP contribution >= 0.6 is 0 Å². The van der Waals surface area contributed by atoms with Crippen LogP contribution in [0.2, 0.25) is 0 Å². The number of sulfonamides is 1. The lowest BCUT2D eigenvalue weighted by atomic mass is 9.73. The van der Waals surface area contributed by atoms with Crippen molar-refractivity contribution >= 4 is 10.0 Å². The minimum Gasteiger partial charge on any atom is -0.315 e. The Kier molecular flexibility index (Phi) is 5.31. The Morgan fingerprint density at radius 1 is 0.964 bits per heavy atom. The van der Waals surface area contributed by atoms with Gasteiger partial charge >= 0.3 is 0 Å². The highest BCUT2D eigenvalue weighted by molar-refractivity contribution is 7.89. The highest BCUT2D eigenvalue weighted by atomic mass is 32.2. The fourth-order valence-corrected chi connectivity index (χ4v) is 6.55. The fourth-order valence-electron chi connectivity index (χ4n) is 4.82. The predicted octanol–water partition coefficient (Wildman–Crippen LogP) is 3.21. The molecule has 1 aromatic carbocycles. The zero-order valence-electron chi connectivity index (χ0n) is 16.9. The van der Waals surface area contributed by atoms with Gasteiger partial charge in [0.05, 0.1) is 4.90 Å². The first-order valence-corrected chi connectivity index (χ1v) is 11.9. The van der Waals surface area contributed by atoms with Gasteiger partial charge in [0.15, 0.2) is 0 Å². The number of piperidine rings is 1. The molecule has 2 aliphatic heterocycles. The number of hydrogen-bond acceptors (Lipinski definition) is 4. The van der Waals surface area contributed by atoms with Gasteiger partial charge in [-0.3, -0.25) is 0 Å². The summed E-state index contributed by atoms with van der Waals surface area (Å²) < 4.78 is 30.5. The summed E-state index contributed by atoms with van der Waals surface area (Å²) in [5.41, 5.74) is 1.13. The lowest BCUT2D eigenvalue weighted by Gasteiger charge is -2.41. The summed E-state index contributed by atoms with van der Waals surface area (Å²) in [7, 11) is -3.42. The molecule has 0 aliphatic carbocycles. The maximum Gasteiger partial charge on any atom is 0.243 e. The van der Waals surface area contributed by atoms with Crippen molar-refractivity contribution in [3.63, 3.8) is 0 Å². The zero-order valence-corrected chi connectivity index (χ0v) is 17.7. The van der Waals surface area contributed by atoms with Gasteiger partial charge in [-0.2, -0.15) is 4.31 Å². The van der Waals surface area contributed by atoms with Crippen LogP contribution < -0.4 is 0 Å². The maximum absolute atomic E-state index is 13.2. The van der Waals surface area contributed by atoms with Crippen LogP contribution in [0.25, 0.3) is 0 Å². The van der Waals surface area contributed by atoms with Crippen LogP contribution in [0.15, 0.2) is 29.2 Å². The van der Waals surface area contributed by atoms with E-state index in [0.717, 1.165) is 68.7 Å². The molecule has 0 atom stereocenters. The second kappa shape index (κ2) is 7.59. The third-order valence-electron chi connectivity index (χ3n) is 6.72. The number of rotatable bonds is 4. The molecule has 0 unspecified atom stereocenters. The highest BCUT2D eigenvalue weighted by Crippen LogP contribution is 2.42. The van der Waals surface area contributed by atoms with E-state index in [4.69, 9.17) is 0 Å². The van der Waals surface area contributed by atoms with Gasteiger partial charge in [0.1, 0.15) is 11.6 Å². The van der Waals surface area contributed by atoms with Crippen LogP contribution in [0, 0.1) is 5.41 Å². The number of aryl methyl sites for hydroxylation is 3. The van der Waals surface area contributed by atoms with Crippen LogP contribution in [0.1, 0.15) is 56.7 Å². The van der Waals surface area contributed by atoms with Crippen molar-refractivity contribution in [1.29, 1.82) is 0 Å². The van der Waals surface area contributed by atoms with E-state index in [1.165, 1.54) is 0 Å². The molecule has 4 rings (SSSR count). The number of aromatic nitrogens is 3. The molecule has 28 heavy (non-hydrogen) atoms. The summed E-state index contributed by atoms with van der Waals surface area (Å²) in [6.45, 7) is 6.31. The average Bonchev–Trinajstić information content (AvgIpc) is 3.05. The Hall–Kier alpha value is -1.73. The van der Waals surface area contributed by atoms with Crippen molar-refractivity contribution in [3.05, 3.63) is 41.5 Å². The fraction of sp³-hybridized carbons (Fsp3) is 0.619. The summed E-state index contributed by atoms with van der Waals surface area (Å²) in [4.78, 5) is 0.480. The van der Waals surface area contributed by atoms with Gasteiger partial charge in [0.2, 0.25) is 10.0 Å². The lowest BCUT2D eigenvalue weighted by Crippen LogP contribution is -2.43. The first-order chi connectivity index (χ1) is 13.5. The molecule has 7 heteroatoms. The minimum absolute atomic E-state index is 0.224. The molecule has 0 amide bonds. The quantitative estimate of drug-likeness (QED) is 0.787. The Labute approximate surface area is 168 Å². The maximum atomic E-state index is 13.2. The van der Waals surface area contributed by atoms with Gasteiger partial charge in [-0.15, -0.1) is 10.2 Å². The predicted molar refractivity (Wildman–Crippen MR) is 109 cm³/mol. The van der Waals surface area contributed by atoms with Crippen molar-refractivity contribution in [1.82, 2.24) is 19.1 Å². The highest BCUT2D eigenvalue weighted by Gasteiger charge is 2.40. The lowest BCUT2D eigenvalue weighted by molar-refractivity contribution is 0.129. The van der Waals surface area contributed by atoms with Crippen LogP contribution in [-0.2, 0) is 35.8 Å². The monoisotopic (exact) mass is 402 g/mol. The Balaban J connectivity index is 1.48. The summed E-state index contributed by atoms with van der Waals surface area (Å²) in [6.07, 6.45) is 6.60. The molecule has 1 aromatic heterocycles. The number of nitrogens with zero attached hydrogens (tertiary/aromatic N) is 4. The van der Waals surface area contributed by atoms with Crippen LogP contribution in [0.3, 0.4) is 0 Å². The summed E-state index contributed by atoms with van der Waals surface area (Å²) in [5, 5.41) is 8.70. The Morgan fingerprint density at radius 2 is 1.68 bits per heavy atom. The molecule has 1 spiro atoms. The molecule has 0 saturated carbocycles. The average molecular weight is 403 g/mol. The summed E-state index contributed by atoms with van der Waals surface area (Å²) in [6, 6.07) is 7.41. The Bertz CT molecular complexity index is 943. The van der Waals surface area contributed by atoms with Crippen LogP contribution in [0.5, 0.6) is 0 Å². The second-order valence-electron chi connectivity index (χ2n) is 8.15. The normalized spacial score (nSPS) is 20.1. The zero-order chi connectivity index (χ0) is 19.8. The van der Waals surface area contributed by atoms with Crippen molar-refractivity contribution in [2.75, 3.05) is 13.1 Å². The first kappa shape index (κ1) is 19.6. The summed E-state index contributed by atoms with van der Waals surface area (Å²) >= 11 is 0. The van der Waals surface area contributed by atoms with Crippen LogP contribution in [0.4, 0.5) is 0 Å². The number of hydrogen-bond donors (Lipinski definition) is 0. The summed E-state index contributed by atoms with van der Waals surface area (Å²) in [5.74, 6) is 2.17. The van der Waals surface area contributed by atoms with E-state index >= 15 is 0 Å². The minimum atomic E-state index is -3.42. The SMILES string of the molecule is CCc1ccccc1S(=O)(=O)N1CCC2(CCc3nnc(CC)n3CC2)CC1. The third kappa shape index (κ3) is 3.39. The molecule has 1 saturated heterocycles. The molecular weight excluding hydrogens is 372 g/mol. The third-order valence-corrected chi connectivity index (χ3v) is 8.72. The van der Waals surface area contributed by atoms with E-state index in [1.807, 2.05) is 25.1 Å². The van der Waals surface area contributed by atoms with Gasteiger partial charge in [0, 0.05) is 32.5 Å². The van der Waals surface area contributed by atoms with Gasteiger partial charge in [-0.25, -0.2) is 8.42 Å². The molecule has 3 heterocycles. The van der Waals surface area contributed by atoms with E-state index in [-0.39, 0.29) is 5.41 Å². The molecule has 2 aromatic rings. The number of benzene rings is 1. The van der Waals surface area contributed by atoms with Crippen molar-refractivity contribution in [2.24, 2.45) is 5.41 Å². The largest absolute Gasteiger partial charge is 0.315 e. The Morgan fingerprint density at radius 3 is 2.39 bits per heavy atom. The molecule has 2 aliphatic rings. The van der Waals surface area contributed by atoms with Gasteiger partial charge < -0.3 is 4.57 Å². The van der Waals surface area contributed by atoms with Crippen molar-refractivity contribution in [2.45, 2.75) is 70.2 Å². The second-order valence-corrected chi connectivity index (χ2v) is 10.1. The van der Waals surface area contributed by atoms with Crippen molar-refractivity contribution < 1.29 is 8.42 Å². The number of fused-ring (bicyclic) bond motifs is 1. The molecule has 1 fully saturated rings. The molecule has 6 nitrogen and oxygen atoms in total. The van der Waals surface area contributed by atoms with Gasteiger partial charge in [-0.1, -0.05) is 32.0 Å². The molecule has 152 valence electrons. The van der Waals surface area contributed by atoms with E-state index in [0.29, 0.717) is 18.0 Å². The first-order valence-electron chi connectivity index (χ1n) is 10.5. The van der Waals surface area contributed by atoms with E-state index in [2.05, 4.69) is 21.7 Å². The molecule has 0 radical (unpaired) electrons. The van der Waals surface area contributed by atoms with E-state index in [1.54, 1.807) is 10.4 Å². The molecule has 0 bridgehead atoms. The topological polar surface area (TPSA) is 68.1 Å². The van der Waals surface area contributed by atoms with Crippen LogP contribution in [-0.4, -0.2) is 40.6 Å². The molecule has 0 N–H and O–H groups in total. The van der Waals surface area contributed by atoms with Gasteiger partial charge in [-0.05, 0) is 49.1 Å². The van der Waals surface area contributed by atoms with Crippen molar-refractivity contribution in [3.8, 4) is 0 Å². The smallest absolute Gasteiger partial charge is 0.243 e.